The number of nitrogens with two attached hydrogens (primary N) is 1. The Labute approximate surface area is 104 Å². The average molecular weight is 240 g/mol. The van der Waals surface area contributed by atoms with Crippen LogP contribution in [0.4, 0.5) is 10.6 Å². The molecule has 3 heterocycles. The topological polar surface area (TPSA) is 72.1 Å². The first-order valence-electron chi connectivity index (χ1n) is 5.72. The number of anilines is 1. The maximum atomic E-state index is 11.2. The lowest BCUT2D eigenvalue weighted by Crippen LogP contribution is -2.34. The number of hydrogen-bond donors (Lipinski definition) is 1. The molecule has 2 aromatic rings. The van der Waals surface area contributed by atoms with Gasteiger partial charge in [0.15, 0.2) is 0 Å². The molecule has 0 saturated carbocycles. The third-order valence-corrected chi connectivity index (χ3v) is 3.06. The minimum absolute atomic E-state index is 0.449. The van der Waals surface area contributed by atoms with Gasteiger partial charge in [0.1, 0.15) is 5.82 Å². The van der Waals surface area contributed by atoms with Crippen LogP contribution in [0.1, 0.15) is 5.56 Å². The fraction of sp³-hybridized carbons (Fsp3) is 0.154. The molecule has 5 heteroatoms. The zero-order valence-corrected chi connectivity index (χ0v) is 9.71. The molecule has 0 unspecified atom stereocenters. The molecule has 2 N–H and O–H groups in total. The lowest BCUT2D eigenvalue weighted by molar-refractivity contribution is 0.254. The molecule has 5 nitrogen and oxygen atoms in total. The summed E-state index contributed by atoms with van der Waals surface area (Å²) in [5, 5.41) is 0. The van der Waals surface area contributed by atoms with Crippen LogP contribution in [0.3, 0.4) is 0 Å². The molecule has 0 atom stereocenters. The molecular formula is C13H12N4O. The Bertz CT molecular complexity index is 597. The molecule has 0 saturated heterocycles. The van der Waals surface area contributed by atoms with Gasteiger partial charge in [0.05, 0.1) is 0 Å². The van der Waals surface area contributed by atoms with E-state index in [1.165, 1.54) is 4.90 Å². The number of pyridine rings is 2. The van der Waals surface area contributed by atoms with Crippen LogP contribution in [0, 0.1) is 0 Å². The van der Waals surface area contributed by atoms with E-state index in [2.05, 4.69) is 9.97 Å². The summed E-state index contributed by atoms with van der Waals surface area (Å²) in [7, 11) is 0. The minimum atomic E-state index is -0.449. The van der Waals surface area contributed by atoms with Crippen molar-refractivity contribution in [2.45, 2.75) is 6.42 Å². The van der Waals surface area contributed by atoms with Crippen molar-refractivity contribution in [1.29, 1.82) is 0 Å². The number of fused-ring (bicyclic) bond motifs is 1. The van der Waals surface area contributed by atoms with Crippen molar-refractivity contribution in [3.05, 3.63) is 42.4 Å². The lowest BCUT2D eigenvalue weighted by Gasteiger charge is -2.12. The fourth-order valence-electron chi connectivity index (χ4n) is 2.17. The van der Waals surface area contributed by atoms with Crippen LogP contribution in [0.25, 0.3) is 11.1 Å². The first-order chi connectivity index (χ1) is 8.75. The Morgan fingerprint density at radius 3 is 2.94 bits per heavy atom. The van der Waals surface area contributed by atoms with E-state index in [0.29, 0.717) is 12.4 Å². The molecule has 0 radical (unpaired) electrons. The molecular weight excluding hydrogens is 228 g/mol. The van der Waals surface area contributed by atoms with E-state index in [0.717, 1.165) is 23.1 Å². The van der Waals surface area contributed by atoms with E-state index in [9.17, 15) is 4.79 Å². The van der Waals surface area contributed by atoms with Gasteiger partial charge in [-0.2, -0.15) is 0 Å². The third-order valence-electron chi connectivity index (χ3n) is 3.06. The zero-order valence-electron chi connectivity index (χ0n) is 9.71. The number of hydrogen-bond acceptors (Lipinski definition) is 3. The summed E-state index contributed by atoms with van der Waals surface area (Å²) in [5.74, 6) is 0.676. The first-order valence-corrected chi connectivity index (χ1v) is 5.72. The van der Waals surface area contributed by atoms with Gasteiger partial charge in [0, 0.05) is 36.3 Å². The molecule has 1 aliphatic heterocycles. The summed E-state index contributed by atoms with van der Waals surface area (Å²) in [6, 6.07) is 5.47. The van der Waals surface area contributed by atoms with Crippen LogP contribution >= 0.6 is 0 Å². The molecule has 1 aliphatic rings. The lowest BCUT2D eigenvalue weighted by atomic mass is 10.1. The number of rotatable bonds is 1. The van der Waals surface area contributed by atoms with Crippen molar-refractivity contribution in [2.24, 2.45) is 5.73 Å². The maximum Gasteiger partial charge on any atom is 0.320 e. The number of amides is 2. The molecule has 90 valence electrons. The standard InChI is InChI=1S/C13H12N4O/c14-13(18)17-5-3-9-6-11(8-16-12(9)17)10-2-1-4-15-7-10/h1-2,4,6-8H,3,5H2,(H2,14,18). The van der Waals surface area contributed by atoms with Crippen molar-refractivity contribution in [1.82, 2.24) is 9.97 Å². The Balaban J connectivity index is 2.01. The van der Waals surface area contributed by atoms with Gasteiger partial charge in [0.25, 0.3) is 0 Å². The molecule has 2 aromatic heterocycles. The van der Waals surface area contributed by atoms with Crippen LogP contribution in [0.2, 0.25) is 0 Å². The van der Waals surface area contributed by atoms with Crippen LogP contribution < -0.4 is 10.6 Å². The number of carbonyl (C=O) groups excluding carboxylic acids is 1. The number of aromatic nitrogens is 2. The molecule has 0 bridgehead atoms. The summed E-state index contributed by atoms with van der Waals surface area (Å²) >= 11 is 0. The summed E-state index contributed by atoms with van der Waals surface area (Å²) < 4.78 is 0. The van der Waals surface area contributed by atoms with Gasteiger partial charge in [0.2, 0.25) is 0 Å². The highest BCUT2D eigenvalue weighted by molar-refractivity contribution is 5.92. The summed E-state index contributed by atoms with van der Waals surface area (Å²) in [6.45, 7) is 0.605. The third kappa shape index (κ3) is 1.69. The van der Waals surface area contributed by atoms with Gasteiger partial charge in [-0.1, -0.05) is 6.07 Å². The van der Waals surface area contributed by atoms with Crippen molar-refractivity contribution in [2.75, 3.05) is 11.4 Å². The number of nitrogens with zero attached hydrogens (tertiary/aromatic N) is 3. The second kappa shape index (κ2) is 4.10. The maximum absolute atomic E-state index is 11.2. The van der Waals surface area contributed by atoms with Crippen LogP contribution in [0.5, 0.6) is 0 Å². The molecule has 0 fully saturated rings. The van der Waals surface area contributed by atoms with E-state index < -0.39 is 6.03 Å². The monoisotopic (exact) mass is 240 g/mol. The first kappa shape index (κ1) is 10.7. The largest absolute Gasteiger partial charge is 0.351 e. The van der Waals surface area contributed by atoms with Crippen molar-refractivity contribution in [3.8, 4) is 11.1 Å². The van der Waals surface area contributed by atoms with Gasteiger partial charge in [-0.05, 0) is 24.1 Å². The van der Waals surface area contributed by atoms with Crippen LogP contribution in [-0.2, 0) is 6.42 Å². The molecule has 0 spiro atoms. The Kier molecular flexibility index (Phi) is 2.44. The van der Waals surface area contributed by atoms with E-state index >= 15 is 0 Å². The summed E-state index contributed by atoms with van der Waals surface area (Å²) in [5.41, 5.74) is 8.38. The molecule has 3 rings (SSSR count). The molecule has 2 amide bonds. The number of primary amides is 1. The van der Waals surface area contributed by atoms with Crippen LogP contribution in [-0.4, -0.2) is 22.5 Å². The minimum Gasteiger partial charge on any atom is -0.351 e. The quantitative estimate of drug-likeness (QED) is 0.822. The van der Waals surface area contributed by atoms with Crippen molar-refractivity contribution < 1.29 is 4.79 Å². The average Bonchev–Trinajstić information content (AvgIpc) is 2.82. The predicted octanol–water partition coefficient (Wildman–Crippen LogP) is 1.58. The van der Waals surface area contributed by atoms with E-state index in [1.807, 2.05) is 18.2 Å². The van der Waals surface area contributed by atoms with Gasteiger partial charge in [-0.25, -0.2) is 9.78 Å². The molecule has 18 heavy (non-hydrogen) atoms. The highest BCUT2D eigenvalue weighted by Gasteiger charge is 2.24. The van der Waals surface area contributed by atoms with Crippen molar-refractivity contribution in [3.63, 3.8) is 0 Å². The SMILES string of the molecule is NC(=O)N1CCc2cc(-c3cccnc3)cnc21. The zero-order chi connectivity index (χ0) is 12.5. The van der Waals surface area contributed by atoms with Crippen LogP contribution in [0.15, 0.2) is 36.8 Å². The Morgan fingerprint density at radius 2 is 2.22 bits per heavy atom. The Morgan fingerprint density at radius 1 is 1.33 bits per heavy atom. The Hall–Kier alpha value is -2.43. The van der Waals surface area contributed by atoms with Gasteiger partial charge < -0.3 is 5.73 Å². The second-order valence-electron chi connectivity index (χ2n) is 4.19. The number of urea groups is 1. The summed E-state index contributed by atoms with van der Waals surface area (Å²) in [4.78, 5) is 21.1. The fourth-order valence-corrected chi connectivity index (χ4v) is 2.17. The van der Waals surface area contributed by atoms with Gasteiger partial charge in [-0.3, -0.25) is 9.88 Å². The van der Waals surface area contributed by atoms with Gasteiger partial charge >= 0.3 is 6.03 Å². The highest BCUT2D eigenvalue weighted by atomic mass is 16.2. The van der Waals surface area contributed by atoms with E-state index in [1.54, 1.807) is 18.6 Å². The predicted molar refractivity (Wildman–Crippen MR) is 68.1 cm³/mol. The van der Waals surface area contributed by atoms with E-state index in [4.69, 9.17) is 5.73 Å². The van der Waals surface area contributed by atoms with E-state index in [-0.39, 0.29) is 0 Å². The highest BCUT2D eigenvalue weighted by Crippen LogP contribution is 2.29. The number of carbonyl (C=O) groups is 1. The van der Waals surface area contributed by atoms with Crippen molar-refractivity contribution >= 4 is 11.8 Å². The summed E-state index contributed by atoms with van der Waals surface area (Å²) in [6.07, 6.45) is 6.07. The molecule has 0 aliphatic carbocycles. The smallest absolute Gasteiger partial charge is 0.320 e. The molecule has 0 aromatic carbocycles. The van der Waals surface area contributed by atoms with Gasteiger partial charge in [-0.15, -0.1) is 0 Å². The second-order valence-corrected chi connectivity index (χ2v) is 4.19. The normalized spacial score (nSPS) is 13.4.